The number of aliphatic carboxylic acids is 1. The van der Waals surface area contributed by atoms with Gasteiger partial charge in [0.1, 0.15) is 0 Å². The third-order valence-corrected chi connectivity index (χ3v) is 2.43. The Morgan fingerprint density at radius 2 is 1.56 bits per heavy atom. The molecule has 3 N–H and O–H groups in total. The molecule has 0 bridgehead atoms. The van der Waals surface area contributed by atoms with Crippen LogP contribution >= 0.6 is 0 Å². The van der Waals surface area contributed by atoms with Gasteiger partial charge in [0.25, 0.3) is 0 Å². The zero-order valence-electron chi connectivity index (χ0n) is 9.60. The normalized spacial score (nSPS) is 16.4. The summed E-state index contributed by atoms with van der Waals surface area (Å²) in [6.45, 7) is 0.696. The Morgan fingerprint density at radius 1 is 1.06 bits per heavy atom. The van der Waals surface area contributed by atoms with Gasteiger partial charge in [-0.2, -0.15) is 0 Å². The average Bonchev–Trinajstić information content (AvgIpc) is 2.32. The Bertz CT molecular complexity index is 162. The smallest absolute Gasteiger partial charge is 0.306 e. The lowest BCUT2D eigenvalue weighted by Crippen LogP contribution is -2.16. The number of rotatable bonds is 5. The van der Waals surface area contributed by atoms with E-state index in [2.05, 4.69) is 4.74 Å². The minimum absolute atomic E-state index is 0.0278. The van der Waals surface area contributed by atoms with Gasteiger partial charge in [0.15, 0.2) is 0 Å². The van der Waals surface area contributed by atoms with Crippen LogP contribution in [-0.4, -0.2) is 47.7 Å². The summed E-state index contributed by atoms with van der Waals surface area (Å²) < 4.78 is 4.63. The van der Waals surface area contributed by atoms with Gasteiger partial charge in [-0.15, -0.1) is 0 Å². The third kappa shape index (κ3) is 8.64. The van der Waals surface area contributed by atoms with Crippen molar-refractivity contribution in [3.63, 3.8) is 0 Å². The van der Waals surface area contributed by atoms with Crippen LogP contribution < -0.4 is 0 Å². The van der Waals surface area contributed by atoms with Crippen LogP contribution in [0.15, 0.2) is 0 Å². The van der Waals surface area contributed by atoms with Crippen LogP contribution in [0, 0.1) is 5.92 Å². The van der Waals surface area contributed by atoms with Crippen LogP contribution in [0.1, 0.15) is 32.1 Å². The molecule has 1 aliphatic rings. The van der Waals surface area contributed by atoms with Gasteiger partial charge in [-0.25, -0.2) is 0 Å². The Kier molecular flexibility index (Phi) is 10.4. The van der Waals surface area contributed by atoms with Gasteiger partial charge in [0, 0.05) is 0 Å². The van der Waals surface area contributed by atoms with Crippen molar-refractivity contribution < 1.29 is 24.9 Å². The fourth-order valence-corrected chi connectivity index (χ4v) is 1.58. The van der Waals surface area contributed by atoms with Gasteiger partial charge in [-0.3, -0.25) is 4.79 Å². The molecule has 0 aromatic carbocycles. The highest BCUT2D eigenvalue weighted by Gasteiger charge is 2.19. The number of carbonyl (C=O) groups is 1. The molecule has 16 heavy (non-hydrogen) atoms. The molecule has 0 aliphatic heterocycles. The average molecular weight is 234 g/mol. The first-order chi connectivity index (χ1) is 7.72. The van der Waals surface area contributed by atoms with E-state index < -0.39 is 5.97 Å². The topological polar surface area (TPSA) is 87.0 Å². The highest BCUT2D eigenvalue weighted by molar-refractivity contribution is 5.69. The van der Waals surface area contributed by atoms with Crippen LogP contribution in [0.3, 0.4) is 0 Å². The SMILES string of the molecule is O=C(O)C1CCCCC1.OCCOCCO. The molecule has 5 nitrogen and oxygen atoms in total. The lowest BCUT2D eigenvalue weighted by atomic mass is 9.90. The largest absolute Gasteiger partial charge is 0.481 e. The van der Waals surface area contributed by atoms with Crippen molar-refractivity contribution in [1.82, 2.24) is 0 Å². The summed E-state index contributed by atoms with van der Waals surface area (Å²) in [7, 11) is 0. The summed E-state index contributed by atoms with van der Waals surface area (Å²) in [5, 5.41) is 24.7. The van der Waals surface area contributed by atoms with E-state index in [1.807, 2.05) is 0 Å². The molecule has 0 radical (unpaired) electrons. The molecule has 0 heterocycles. The maximum Gasteiger partial charge on any atom is 0.306 e. The van der Waals surface area contributed by atoms with Gasteiger partial charge < -0.3 is 20.1 Å². The van der Waals surface area contributed by atoms with Crippen molar-refractivity contribution in [1.29, 1.82) is 0 Å². The Labute approximate surface area is 96.0 Å². The van der Waals surface area contributed by atoms with Crippen molar-refractivity contribution >= 4 is 5.97 Å². The van der Waals surface area contributed by atoms with Gasteiger partial charge >= 0.3 is 5.97 Å². The minimum atomic E-state index is -0.602. The summed E-state index contributed by atoms with van der Waals surface area (Å²) >= 11 is 0. The fraction of sp³-hybridized carbons (Fsp3) is 0.909. The molecule has 1 aliphatic carbocycles. The summed E-state index contributed by atoms with van der Waals surface area (Å²) in [4.78, 5) is 10.4. The number of aliphatic hydroxyl groups excluding tert-OH is 2. The molecule has 0 amide bonds. The number of carboxylic acids is 1. The number of ether oxygens (including phenoxy) is 1. The van der Waals surface area contributed by atoms with E-state index in [1.165, 1.54) is 6.42 Å². The van der Waals surface area contributed by atoms with Crippen LogP contribution in [0.25, 0.3) is 0 Å². The van der Waals surface area contributed by atoms with Gasteiger partial charge in [0.2, 0.25) is 0 Å². The van der Waals surface area contributed by atoms with Crippen LogP contribution in [0.4, 0.5) is 0 Å². The second-order valence-corrected chi connectivity index (χ2v) is 3.73. The zero-order valence-corrected chi connectivity index (χ0v) is 9.60. The first kappa shape index (κ1) is 15.3. The lowest BCUT2D eigenvalue weighted by molar-refractivity contribution is -0.142. The van der Waals surface area contributed by atoms with E-state index in [4.69, 9.17) is 15.3 Å². The summed E-state index contributed by atoms with van der Waals surface area (Å²) in [6.07, 6.45) is 5.24. The quantitative estimate of drug-likeness (QED) is 0.608. The third-order valence-electron chi connectivity index (χ3n) is 2.43. The fourth-order valence-electron chi connectivity index (χ4n) is 1.58. The summed E-state index contributed by atoms with van der Waals surface area (Å²) in [6, 6.07) is 0. The number of carboxylic acid groups (broad SMARTS) is 1. The molecule has 96 valence electrons. The number of hydrogen-bond donors (Lipinski definition) is 3. The zero-order chi connectivity index (χ0) is 12.2. The first-order valence-corrected chi connectivity index (χ1v) is 5.74. The molecule has 0 spiro atoms. The number of aliphatic hydroxyl groups is 2. The van der Waals surface area contributed by atoms with E-state index in [-0.39, 0.29) is 19.1 Å². The molecule has 1 saturated carbocycles. The molecule has 0 unspecified atom stereocenters. The Balaban J connectivity index is 0.000000293. The molecule has 1 rings (SSSR count). The Hall–Kier alpha value is -0.650. The van der Waals surface area contributed by atoms with Crippen LogP contribution in [0.5, 0.6) is 0 Å². The standard InChI is InChI=1S/C7H12O2.C4H10O3/c8-7(9)6-4-2-1-3-5-6;5-1-3-7-4-2-6/h6H,1-5H2,(H,8,9);5-6H,1-4H2. The van der Waals surface area contributed by atoms with Gasteiger partial charge in [-0.1, -0.05) is 19.3 Å². The molecule has 1 fully saturated rings. The first-order valence-electron chi connectivity index (χ1n) is 5.74. The molecule has 5 heteroatoms. The van der Waals surface area contributed by atoms with E-state index in [0.29, 0.717) is 13.2 Å². The van der Waals surface area contributed by atoms with Crippen molar-refractivity contribution in [3.05, 3.63) is 0 Å². The van der Waals surface area contributed by atoms with Crippen molar-refractivity contribution in [2.24, 2.45) is 5.92 Å². The number of hydrogen-bond acceptors (Lipinski definition) is 4. The van der Waals surface area contributed by atoms with Gasteiger partial charge in [0.05, 0.1) is 32.3 Å². The molecule has 0 aromatic heterocycles. The maximum atomic E-state index is 10.4. The van der Waals surface area contributed by atoms with E-state index in [0.717, 1.165) is 25.7 Å². The monoisotopic (exact) mass is 234 g/mol. The molecule has 0 atom stereocenters. The highest BCUT2D eigenvalue weighted by Crippen LogP contribution is 2.23. The van der Waals surface area contributed by atoms with E-state index >= 15 is 0 Å². The summed E-state index contributed by atoms with van der Waals surface area (Å²) in [5.74, 6) is -0.631. The molecule has 0 aromatic rings. The maximum absolute atomic E-state index is 10.4. The Morgan fingerprint density at radius 3 is 1.88 bits per heavy atom. The molecule has 0 saturated heterocycles. The highest BCUT2D eigenvalue weighted by atomic mass is 16.5. The van der Waals surface area contributed by atoms with Crippen molar-refractivity contribution in [3.8, 4) is 0 Å². The summed E-state index contributed by atoms with van der Waals surface area (Å²) in [5.41, 5.74) is 0. The minimum Gasteiger partial charge on any atom is -0.481 e. The van der Waals surface area contributed by atoms with Crippen molar-refractivity contribution in [2.75, 3.05) is 26.4 Å². The van der Waals surface area contributed by atoms with Crippen LogP contribution in [0.2, 0.25) is 0 Å². The van der Waals surface area contributed by atoms with Crippen LogP contribution in [-0.2, 0) is 9.53 Å². The molecular weight excluding hydrogens is 212 g/mol. The van der Waals surface area contributed by atoms with Crippen molar-refractivity contribution in [2.45, 2.75) is 32.1 Å². The molecular formula is C11H22O5. The predicted molar refractivity (Wildman–Crippen MR) is 59.2 cm³/mol. The van der Waals surface area contributed by atoms with Gasteiger partial charge in [-0.05, 0) is 12.8 Å². The second kappa shape index (κ2) is 10.9. The van der Waals surface area contributed by atoms with E-state index in [9.17, 15) is 4.79 Å². The second-order valence-electron chi connectivity index (χ2n) is 3.73. The lowest BCUT2D eigenvalue weighted by Gasteiger charge is -2.16. The van der Waals surface area contributed by atoms with E-state index in [1.54, 1.807) is 0 Å². The predicted octanol–water partition coefficient (Wildman–Crippen LogP) is 0.639.